The topological polar surface area (TPSA) is 49.3 Å². The molecule has 0 bridgehead atoms. The predicted octanol–water partition coefficient (Wildman–Crippen LogP) is 1.22. The number of hydrogen-bond donors (Lipinski definition) is 2. The monoisotopic (exact) mass is 225 g/mol. The third-order valence-electron chi connectivity index (χ3n) is 2.68. The van der Waals surface area contributed by atoms with Crippen LogP contribution in [0.25, 0.3) is 0 Å². The molecule has 0 unspecified atom stereocenters. The lowest BCUT2D eigenvalue weighted by molar-refractivity contribution is -0.189. The number of halogens is 3. The first-order chi connectivity index (χ1) is 6.95. The Morgan fingerprint density at radius 3 is 2.47 bits per heavy atom. The van der Waals surface area contributed by atoms with Gasteiger partial charge in [-0.1, -0.05) is 12.8 Å². The minimum Gasteiger partial charge on any atom is -0.387 e. The predicted molar refractivity (Wildman–Crippen MR) is 47.0 cm³/mol. The molecule has 0 aliphatic heterocycles. The smallest absolute Gasteiger partial charge is 0.387 e. The molecule has 2 atom stereocenters. The van der Waals surface area contributed by atoms with E-state index in [2.05, 4.69) is 5.32 Å². The average Bonchev–Trinajstić information content (AvgIpc) is 2.17. The summed E-state index contributed by atoms with van der Waals surface area (Å²) >= 11 is 0. The highest BCUT2D eigenvalue weighted by atomic mass is 19.4. The lowest BCUT2D eigenvalue weighted by atomic mass is 9.84. The van der Waals surface area contributed by atoms with Crippen LogP contribution in [0.15, 0.2) is 0 Å². The first-order valence-electron chi connectivity index (χ1n) is 4.92. The van der Waals surface area contributed by atoms with E-state index < -0.39 is 30.7 Å². The second-order valence-electron chi connectivity index (χ2n) is 3.76. The second kappa shape index (κ2) is 4.83. The molecule has 1 amide bonds. The largest absolute Gasteiger partial charge is 0.393 e. The van der Waals surface area contributed by atoms with Crippen LogP contribution in [0.3, 0.4) is 0 Å². The average molecular weight is 225 g/mol. The maximum Gasteiger partial charge on any atom is 0.393 e. The summed E-state index contributed by atoms with van der Waals surface area (Å²) < 4.78 is 37.6. The van der Waals surface area contributed by atoms with E-state index in [1.807, 2.05) is 0 Å². The van der Waals surface area contributed by atoms with Crippen LogP contribution < -0.4 is 5.32 Å². The molecular formula is C9H14F3NO2. The van der Waals surface area contributed by atoms with Crippen molar-refractivity contribution in [1.29, 1.82) is 0 Å². The fourth-order valence-corrected chi connectivity index (χ4v) is 1.95. The van der Waals surface area contributed by atoms with Crippen LogP contribution in [0.5, 0.6) is 0 Å². The Morgan fingerprint density at radius 1 is 1.33 bits per heavy atom. The number of aliphatic hydroxyl groups is 1. The van der Waals surface area contributed by atoms with Gasteiger partial charge in [0.15, 0.2) is 0 Å². The zero-order chi connectivity index (χ0) is 11.5. The Labute approximate surface area is 85.7 Å². The summed E-state index contributed by atoms with van der Waals surface area (Å²) in [6.07, 6.45) is -2.66. The molecule has 1 aliphatic rings. The summed E-state index contributed by atoms with van der Waals surface area (Å²) in [7, 11) is 0. The molecular weight excluding hydrogens is 211 g/mol. The SMILES string of the molecule is O=C(CO)N[C@H]1CCCC[C@H]1C(F)(F)F. The van der Waals surface area contributed by atoms with Crippen molar-refractivity contribution >= 4 is 5.91 Å². The van der Waals surface area contributed by atoms with Gasteiger partial charge in [0, 0.05) is 6.04 Å². The molecule has 0 aromatic carbocycles. The lowest BCUT2D eigenvalue weighted by Crippen LogP contribution is -2.48. The molecule has 0 radical (unpaired) electrons. The number of carbonyl (C=O) groups is 1. The quantitative estimate of drug-likeness (QED) is 0.742. The van der Waals surface area contributed by atoms with Crippen LogP contribution in [0, 0.1) is 5.92 Å². The van der Waals surface area contributed by atoms with E-state index in [1.165, 1.54) is 0 Å². The van der Waals surface area contributed by atoms with E-state index in [0.717, 1.165) is 0 Å². The zero-order valence-corrected chi connectivity index (χ0v) is 8.18. The highest BCUT2D eigenvalue weighted by molar-refractivity contribution is 5.77. The van der Waals surface area contributed by atoms with Crippen molar-refractivity contribution < 1.29 is 23.1 Å². The summed E-state index contributed by atoms with van der Waals surface area (Å²) in [6.45, 7) is -0.763. The maximum absolute atomic E-state index is 12.5. The summed E-state index contributed by atoms with van der Waals surface area (Å²) in [5, 5.41) is 10.7. The molecule has 88 valence electrons. The van der Waals surface area contributed by atoms with Gasteiger partial charge >= 0.3 is 6.18 Å². The lowest BCUT2D eigenvalue weighted by Gasteiger charge is -2.33. The summed E-state index contributed by atoms with van der Waals surface area (Å²) in [6, 6.07) is -0.876. The van der Waals surface area contributed by atoms with Gasteiger partial charge in [-0.25, -0.2) is 0 Å². The molecule has 1 aliphatic carbocycles. The Kier molecular flexibility index (Phi) is 3.96. The van der Waals surface area contributed by atoms with Gasteiger partial charge in [-0.2, -0.15) is 13.2 Å². The van der Waals surface area contributed by atoms with Crippen molar-refractivity contribution in [1.82, 2.24) is 5.32 Å². The fraction of sp³-hybridized carbons (Fsp3) is 0.889. The third kappa shape index (κ3) is 3.37. The minimum atomic E-state index is -4.27. The van der Waals surface area contributed by atoms with E-state index >= 15 is 0 Å². The third-order valence-corrected chi connectivity index (χ3v) is 2.68. The van der Waals surface area contributed by atoms with E-state index in [-0.39, 0.29) is 6.42 Å². The molecule has 1 fully saturated rings. The number of alkyl halides is 3. The van der Waals surface area contributed by atoms with E-state index in [9.17, 15) is 18.0 Å². The highest BCUT2D eigenvalue weighted by Crippen LogP contribution is 2.37. The number of nitrogens with one attached hydrogen (secondary N) is 1. The van der Waals surface area contributed by atoms with Crippen molar-refractivity contribution in [3.8, 4) is 0 Å². The standard InChI is InChI=1S/C9H14F3NO2/c10-9(11,12)6-3-1-2-4-7(6)13-8(15)5-14/h6-7,14H,1-5H2,(H,13,15)/t6-,7+/m1/s1. The van der Waals surface area contributed by atoms with Gasteiger partial charge in [-0.05, 0) is 12.8 Å². The van der Waals surface area contributed by atoms with E-state index in [1.54, 1.807) is 0 Å². The van der Waals surface area contributed by atoms with Crippen molar-refractivity contribution in [2.75, 3.05) is 6.61 Å². The summed E-state index contributed by atoms with van der Waals surface area (Å²) in [5.41, 5.74) is 0. The van der Waals surface area contributed by atoms with Crippen molar-refractivity contribution in [2.24, 2.45) is 5.92 Å². The second-order valence-corrected chi connectivity index (χ2v) is 3.76. The Morgan fingerprint density at radius 2 is 1.93 bits per heavy atom. The molecule has 2 N–H and O–H groups in total. The molecule has 3 nitrogen and oxygen atoms in total. The van der Waals surface area contributed by atoms with Crippen LogP contribution in [0.1, 0.15) is 25.7 Å². The number of amides is 1. The molecule has 6 heteroatoms. The number of rotatable bonds is 2. The van der Waals surface area contributed by atoms with Crippen molar-refractivity contribution in [2.45, 2.75) is 37.9 Å². The van der Waals surface area contributed by atoms with Crippen LogP contribution in [-0.2, 0) is 4.79 Å². The van der Waals surface area contributed by atoms with Crippen LogP contribution in [-0.4, -0.2) is 29.8 Å². The van der Waals surface area contributed by atoms with Gasteiger partial charge in [0.1, 0.15) is 6.61 Å². The van der Waals surface area contributed by atoms with Crippen LogP contribution in [0.2, 0.25) is 0 Å². The van der Waals surface area contributed by atoms with Crippen molar-refractivity contribution in [3.63, 3.8) is 0 Å². The molecule has 0 spiro atoms. The van der Waals surface area contributed by atoms with Gasteiger partial charge in [0.25, 0.3) is 0 Å². The Bertz CT molecular complexity index is 230. The van der Waals surface area contributed by atoms with Gasteiger partial charge in [0.2, 0.25) is 5.91 Å². The van der Waals surface area contributed by atoms with Gasteiger partial charge in [-0.3, -0.25) is 4.79 Å². The van der Waals surface area contributed by atoms with E-state index in [4.69, 9.17) is 5.11 Å². The van der Waals surface area contributed by atoms with E-state index in [0.29, 0.717) is 19.3 Å². The first kappa shape index (κ1) is 12.3. The molecule has 1 rings (SSSR count). The maximum atomic E-state index is 12.5. The Balaban J connectivity index is 2.62. The zero-order valence-electron chi connectivity index (χ0n) is 8.18. The molecule has 0 heterocycles. The molecule has 15 heavy (non-hydrogen) atoms. The number of hydrogen-bond acceptors (Lipinski definition) is 2. The van der Waals surface area contributed by atoms with Crippen molar-refractivity contribution in [3.05, 3.63) is 0 Å². The van der Waals surface area contributed by atoms with Gasteiger partial charge < -0.3 is 10.4 Å². The van der Waals surface area contributed by atoms with Crippen LogP contribution in [0.4, 0.5) is 13.2 Å². The molecule has 0 aromatic heterocycles. The van der Waals surface area contributed by atoms with Gasteiger partial charge in [0.05, 0.1) is 5.92 Å². The molecule has 0 saturated heterocycles. The normalized spacial score (nSPS) is 27.5. The minimum absolute atomic E-state index is 0.0554. The molecule has 0 aromatic rings. The highest BCUT2D eigenvalue weighted by Gasteiger charge is 2.45. The number of aliphatic hydroxyl groups excluding tert-OH is 1. The summed E-state index contributed by atoms with van der Waals surface area (Å²) in [5.74, 6) is -2.21. The fourth-order valence-electron chi connectivity index (χ4n) is 1.95. The summed E-state index contributed by atoms with van der Waals surface area (Å²) in [4.78, 5) is 10.8. The van der Waals surface area contributed by atoms with Crippen LogP contribution >= 0.6 is 0 Å². The molecule has 1 saturated carbocycles. The number of carbonyl (C=O) groups excluding carboxylic acids is 1. The Hall–Kier alpha value is -0.780. The van der Waals surface area contributed by atoms with Gasteiger partial charge in [-0.15, -0.1) is 0 Å². The first-order valence-corrected chi connectivity index (χ1v) is 4.92.